The van der Waals surface area contributed by atoms with E-state index < -0.39 is 14.9 Å². The van der Waals surface area contributed by atoms with E-state index in [2.05, 4.69) is 5.32 Å². The van der Waals surface area contributed by atoms with Crippen LogP contribution < -0.4 is 5.32 Å². The van der Waals surface area contributed by atoms with Gasteiger partial charge in [0.05, 0.1) is 6.61 Å². The van der Waals surface area contributed by atoms with Gasteiger partial charge in [-0.1, -0.05) is 6.92 Å². The Balaban J connectivity index is 4.61. The van der Waals surface area contributed by atoms with Crippen LogP contribution >= 0.6 is 0 Å². The Morgan fingerprint density at radius 3 is 2.00 bits per heavy atom. The van der Waals surface area contributed by atoms with E-state index in [-0.39, 0.29) is 5.67 Å². The molecule has 0 spiro atoms. The summed E-state index contributed by atoms with van der Waals surface area (Å²) in [6.07, 6.45) is 0.151. The van der Waals surface area contributed by atoms with E-state index in [1.54, 1.807) is 6.92 Å². The molecule has 0 aromatic carbocycles. The molecule has 0 saturated heterocycles. The fourth-order valence-corrected chi connectivity index (χ4v) is 3.58. The number of ether oxygens (including phenoxy) is 1. The molecule has 0 rings (SSSR count). The van der Waals surface area contributed by atoms with Crippen LogP contribution in [0.1, 0.15) is 20.3 Å². The lowest BCUT2D eigenvalue weighted by molar-refractivity contribution is 0.0998. The SMILES string of the molecule is CCOC(=O)NC(CC)[Si](OC)(OC)OC. The molecule has 0 aromatic heterocycles. The molecule has 1 N–H and O–H groups in total. The van der Waals surface area contributed by atoms with Crippen LogP contribution in [0.25, 0.3) is 0 Å². The lowest BCUT2D eigenvalue weighted by Gasteiger charge is -2.31. The van der Waals surface area contributed by atoms with Crippen molar-refractivity contribution < 1.29 is 22.8 Å². The van der Waals surface area contributed by atoms with Gasteiger partial charge in [0, 0.05) is 21.3 Å². The first-order chi connectivity index (χ1) is 7.60. The molecule has 0 aliphatic rings. The van der Waals surface area contributed by atoms with E-state index in [0.29, 0.717) is 13.0 Å². The maximum absolute atomic E-state index is 11.3. The summed E-state index contributed by atoms with van der Waals surface area (Å²) in [5.41, 5.74) is -0.313. The van der Waals surface area contributed by atoms with Gasteiger partial charge in [0.15, 0.2) is 0 Å². The van der Waals surface area contributed by atoms with Gasteiger partial charge < -0.3 is 23.3 Å². The fourth-order valence-electron chi connectivity index (χ4n) is 1.43. The minimum absolute atomic E-state index is 0.313. The maximum atomic E-state index is 11.3. The number of alkyl carbamates (subject to hydrolysis) is 1. The summed E-state index contributed by atoms with van der Waals surface area (Å²) >= 11 is 0. The Morgan fingerprint density at radius 1 is 1.19 bits per heavy atom. The largest absolute Gasteiger partial charge is 0.523 e. The summed E-state index contributed by atoms with van der Waals surface area (Å²) in [5, 5.41) is 2.69. The molecule has 1 amide bonds. The van der Waals surface area contributed by atoms with Gasteiger partial charge in [-0.3, -0.25) is 0 Å². The molecule has 6 nitrogen and oxygen atoms in total. The maximum Gasteiger partial charge on any atom is 0.523 e. The predicted molar refractivity (Wildman–Crippen MR) is 61.0 cm³/mol. The van der Waals surface area contributed by atoms with Crippen molar-refractivity contribution in [3.05, 3.63) is 0 Å². The summed E-state index contributed by atoms with van der Waals surface area (Å²) in [6, 6.07) is 0. The molecule has 0 aromatic rings. The van der Waals surface area contributed by atoms with Gasteiger partial charge in [0.1, 0.15) is 5.67 Å². The van der Waals surface area contributed by atoms with Crippen LogP contribution in [0.4, 0.5) is 4.79 Å². The van der Waals surface area contributed by atoms with Crippen LogP contribution in [-0.4, -0.2) is 48.5 Å². The van der Waals surface area contributed by atoms with E-state index in [1.807, 2.05) is 6.92 Å². The third-order valence-corrected chi connectivity index (χ3v) is 5.37. The Morgan fingerprint density at radius 2 is 1.69 bits per heavy atom. The Bertz CT molecular complexity index is 202. The van der Waals surface area contributed by atoms with Crippen LogP contribution in [-0.2, 0) is 18.0 Å². The van der Waals surface area contributed by atoms with Gasteiger partial charge in [0.25, 0.3) is 0 Å². The molecule has 1 atom stereocenters. The van der Waals surface area contributed by atoms with Crippen LogP contribution in [0, 0.1) is 0 Å². The molecular formula is C9H21NO5Si. The van der Waals surface area contributed by atoms with Gasteiger partial charge >= 0.3 is 14.9 Å². The molecule has 96 valence electrons. The van der Waals surface area contributed by atoms with Crippen LogP contribution in [0.5, 0.6) is 0 Å². The Kier molecular flexibility index (Phi) is 7.31. The molecule has 16 heavy (non-hydrogen) atoms. The monoisotopic (exact) mass is 251 g/mol. The first-order valence-electron chi connectivity index (χ1n) is 5.18. The highest BCUT2D eigenvalue weighted by Crippen LogP contribution is 2.14. The molecule has 0 fully saturated rings. The smallest absolute Gasteiger partial charge is 0.450 e. The van der Waals surface area contributed by atoms with Crippen molar-refractivity contribution in [1.82, 2.24) is 5.32 Å². The molecule has 0 aliphatic carbocycles. The summed E-state index contributed by atoms with van der Waals surface area (Å²) in [6.45, 7) is 3.98. The summed E-state index contributed by atoms with van der Waals surface area (Å²) < 4.78 is 20.7. The Labute approximate surface area is 97.6 Å². The second-order valence-corrected chi connectivity index (χ2v) is 6.17. The van der Waals surface area contributed by atoms with Gasteiger partial charge in [-0.25, -0.2) is 4.79 Å². The van der Waals surface area contributed by atoms with Gasteiger partial charge in [-0.2, -0.15) is 0 Å². The minimum atomic E-state index is -2.85. The normalized spacial score (nSPS) is 13.3. The highest BCUT2D eigenvalue weighted by molar-refractivity contribution is 6.62. The van der Waals surface area contributed by atoms with E-state index >= 15 is 0 Å². The van der Waals surface area contributed by atoms with Crippen LogP contribution in [0.15, 0.2) is 0 Å². The van der Waals surface area contributed by atoms with Crippen LogP contribution in [0.3, 0.4) is 0 Å². The molecule has 0 aliphatic heterocycles. The summed E-state index contributed by atoms with van der Waals surface area (Å²) in [4.78, 5) is 11.3. The number of nitrogens with one attached hydrogen (secondary N) is 1. The second kappa shape index (κ2) is 7.61. The number of hydrogen-bond donors (Lipinski definition) is 1. The van der Waals surface area contributed by atoms with Crippen molar-refractivity contribution in [3.8, 4) is 0 Å². The van der Waals surface area contributed by atoms with Crippen molar-refractivity contribution in [2.45, 2.75) is 25.9 Å². The average Bonchev–Trinajstić information content (AvgIpc) is 2.30. The molecule has 7 heteroatoms. The lowest BCUT2D eigenvalue weighted by Crippen LogP contribution is -2.61. The number of rotatable bonds is 7. The molecule has 0 radical (unpaired) electrons. The third kappa shape index (κ3) is 3.74. The molecule has 0 bridgehead atoms. The predicted octanol–water partition coefficient (Wildman–Crippen LogP) is 0.928. The van der Waals surface area contributed by atoms with E-state index in [4.69, 9.17) is 18.0 Å². The van der Waals surface area contributed by atoms with Gasteiger partial charge in [0.2, 0.25) is 0 Å². The van der Waals surface area contributed by atoms with Gasteiger partial charge in [-0.05, 0) is 13.3 Å². The molecule has 1 unspecified atom stereocenters. The van der Waals surface area contributed by atoms with Crippen molar-refractivity contribution in [2.75, 3.05) is 27.9 Å². The molecular weight excluding hydrogens is 230 g/mol. The van der Waals surface area contributed by atoms with E-state index in [9.17, 15) is 4.79 Å². The number of carbonyl (C=O) groups excluding carboxylic acids is 1. The first-order valence-corrected chi connectivity index (χ1v) is 6.99. The van der Waals surface area contributed by atoms with Crippen molar-refractivity contribution in [3.63, 3.8) is 0 Å². The zero-order valence-corrected chi connectivity index (χ0v) is 11.5. The highest BCUT2D eigenvalue weighted by Gasteiger charge is 2.47. The topological polar surface area (TPSA) is 66.0 Å². The second-order valence-electron chi connectivity index (χ2n) is 3.04. The van der Waals surface area contributed by atoms with Crippen molar-refractivity contribution >= 4 is 14.9 Å². The number of hydrogen-bond acceptors (Lipinski definition) is 5. The first kappa shape index (κ1) is 15.4. The number of amides is 1. The minimum Gasteiger partial charge on any atom is -0.450 e. The summed E-state index contributed by atoms with van der Waals surface area (Å²) in [5.74, 6) is 0. The lowest BCUT2D eigenvalue weighted by atomic mass is 10.5. The highest BCUT2D eigenvalue weighted by atomic mass is 28.4. The van der Waals surface area contributed by atoms with Crippen LogP contribution in [0.2, 0.25) is 0 Å². The third-order valence-electron chi connectivity index (χ3n) is 2.26. The Hall–Kier alpha value is -0.633. The van der Waals surface area contributed by atoms with E-state index in [0.717, 1.165) is 0 Å². The standard InChI is InChI=1S/C9H21NO5Si/c1-6-8(10-9(11)15-7-2)16(12-3,13-4)14-5/h8H,6-7H2,1-5H3,(H,10,11). The quantitative estimate of drug-likeness (QED) is 0.682. The van der Waals surface area contributed by atoms with Gasteiger partial charge in [-0.15, -0.1) is 0 Å². The van der Waals surface area contributed by atoms with Crippen molar-refractivity contribution in [2.24, 2.45) is 0 Å². The number of carbonyl (C=O) groups is 1. The van der Waals surface area contributed by atoms with Crippen molar-refractivity contribution in [1.29, 1.82) is 0 Å². The molecule has 0 saturated carbocycles. The zero-order valence-electron chi connectivity index (χ0n) is 10.5. The zero-order chi connectivity index (χ0) is 12.6. The fraction of sp³-hybridized carbons (Fsp3) is 0.889. The van der Waals surface area contributed by atoms with E-state index in [1.165, 1.54) is 21.3 Å². The average molecular weight is 251 g/mol. The molecule has 0 heterocycles. The summed E-state index contributed by atoms with van der Waals surface area (Å²) in [7, 11) is 1.68.